The van der Waals surface area contributed by atoms with Crippen molar-refractivity contribution in [1.82, 2.24) is 0 Å². The van der Waals surface area contributed by atoms with Crippen LogP contribution in [0.5, 0.6) is 0 Å². The monoisotopic (exact) mass is 356 g/mol. The Balaban J connectivity index is 2.16. The molecular formula is C17H13ClN4O3. The first-order chi connectivity index (χ1) is 11.9. The highest BCUT2D eigenvalue weighted by Crippen LogP contribution is 2.26. The van der Waals surface area contributed by atoms with E-state index < -0.39 is 10.8 Å². The van der Waals surface area contributed by atoms with Crippen LogP contribution >= 0.6 is 11.6 Å². The van der Waals surface area contributed by atoms with Crippen LogP contribution in [0.1, 0.15) is 5.56 Å². The molecule has 0 saturated heterocycles. The number of carbonyl (C=O) groups is 1. The van der Waals surface area contributed by atoms with Crippen molar-refractivity contribution in [2.24, 2.45) is 0 Å². The van der Waals surface area contributed by atoms with Gasteiger partial charge in [-0.3, -0.25) is 14.9 Å². The number of nitro benzene ring substituents is 1. The first kappa shape index (κ1) is 18.0. The van der Waals surface area contributed by atoms with Crippen LogP contribution in [-0.4, -0.2) is 10.8 Å². The molecule has 0 fully saturated rings. The van der Waals surface area contributed by atoms with E-state index in [4.69, 9.17) is 16.9 Å². The summed E-state index contributed by atoms with van der Waals surface area (Å²) in [6.07, 6.45) is 1.15. The molecule has 8 heteroatoms. The van der Waals surface area contributed by atoms with Crippen LogP contribution in [0.15, 0.2) is 54.2 Å². The number of carbonyl (C=O) groups excluding carboxylic acids is 1. The minimum atomic E-state index is -0.611. The van der Waals surface area contributed by atoms with Crippen LogP contribution in [-0.2, 0) is 4.79 Å². The molecule has 0 bridgehead atoms. The third-order valence-corrected chi connectivity index (χ3v) is 3.54. The molecule has 0 aliphatic carbocycles. The summed E-state index contributed by atoms with van der Waals surface area (Å²) in [5, 5.41) is 25.4. The molecule has 0 radical (unpaired) electrons. The second-order valence-electron chi connectivity index (χ2n) is 5.06. The third-order valence-electron chi connectivity index (χ3n) is 3.21. The Labute approximate surface area is 148 Å². The Morgan fingerprint density at radius 2 is 1.96 bits per heavy atom. The smallest absolute Gasteiger partial charge is 0.271 e. The lowest BCUT2D eigenvalue weighted by molar-refractivity contribution is -0.384. The molecular weight excluding hydrogens is 344 g/mol. The number of anilines is 2. The molecule has 126 valence electrons. The summed E-state index contributed by atoms with van der Waals surface area (Å²) in [6, 6.07) is 12.7. The first-order valence-corrected chi connectivity index (χ1v) is 7.47. The molecule has 1 amide bonds. The van der Waals surface area contributed by atoms with Gasteiger partial charge in [0.05, 0.1) is 15.6 Å². The number of halogens is 1. The Morgan fingerprint density at radius 1 is 1.28 bits per heavy atom. The molecule has 0 atom stereocenters. The lowest BCUT2D eigenvalue weighted by Crippen LogP contribution is -2.14. The van der Waals surface area contributed by atoms with E-state index in [2.05, 4.69) is 10.6 Å². The highest BCUT2D eigenvalue weighted by atomic mass is 35.5. The number of nitriles is 1. The molecule has 0 aliphatic heterocycles. The number of nitrogens with zero attached hydrogens (tertiary/aromatic N) is 2. The third kappa shape index (κ3) is 4.80. The maximum absolute atomic E-state index is 12.1. The van der Waals surface area contributed by atoms with Crippen molar-refractivity contribution in [1.29, 1.82) is 5.26 Å². The Kier molecular flexibility index (Phi) is 5.71. The minimum absolute atomic E-state index is 0.164. The van der Waals surface area contributed by atoms with E-state index in [9.17, 15) is 14.9 Å². The maximum Gasteiger partial charge on any atom is 0.271 e. The van der Waals surface area contributed by atoms with Crippen LogP contribution in [0, 0.1) is 28.4 Å². The van der Waals surface area contributed by atoms with Gasteiger partial charge in [-0.15, -0.1) is 0 Å². The fourth-order valence-electron chi connectivity index (χ4n) is 1.87. The molecule has 0 heterocycles. The number of hydrogen-bond acceptors (Lipinski definition) is 5. The fraction of sp³-hybridized carbons (Fsp3) is 0.0588. The van der Waals surface area contributed by atoms with E-state index in [1.165, 1.54) is 18.2 Å². The van der Waals surface area contributed by atoms with Crippen molar-refractivity contribution < 1.29 is 9.72 Å². The molecule has 0 unspecified atom stereocenters. The zero-order chi connectivity index (χ0) is 18.4. The van der Waals surface area contributed by atoms with Crippen LogP contribution in [0.4, 0.5) is 17.1 Å². The molecule has 0 aliphatic rings. The number of nitro groups is 1. The molecule has 0 spiro atoms. The summed E-state index contributed by atoms with van der Waals surface area (Å²) in [5.74, 6) is -0.611. The topological polar surface area (TPSA) is 108 Å². The van der Waals surface area contributed by atoms with Gasteiger partial charge in [0.1, 0.15) is 11.6 Å². The molecule has 2 N–H and O–H groups in total. The van der Waals surface area contributed by atoms with Crippen LogP contribution in [0.25, 0.3) is 0 Å². The average Bonchev–Trinajstić information content (AvgIpc) is 2.58. The van der Waals surface area contributed by atoms with Crippen LogP contribution in [0.3, 0.4) is 0 Å². The number of rotatable bonds is 5. The van der Waals surface area contributed by atoms with Crippen molar-refractivity contribution in [3.63, 3.8) is 0 Å². The van der Waals surface area contributed by atoms with Gasteiger partial charge < -0.3 is 10.6 Å². The van der Waals surface area contributed by atoms with Gasteiger partial charge in [0.15, 0.2) is 0 Å². The highest BCUT2D eigenvalue weighted by Gasteiger charge is 2.12. The summed E-state index contributed by atoms with van der Waals surface area (Å²) in [4.78, 5) is 22.4. The molecule has 0 aromatic heterocycles. The Morgan fingerprint density at radius 3 is 2.56 bits per heavy atom. The van der Waals surface area contributed by atoms with Crippen molar-refractivity contribution >= 4 is 34.6 Å². The summed E-state index contributed by atoms with van der Waals surface area (Å²) >= 11 is 5.95. The number of non-ortho nitro benzene ring substituents is 1. The second kappa shape index (κ2) is 7.95. The van der Waals surface area contributed by atoms with Gasteiger partial charge in [-0.05, 0) is 25.1 Å². The highest BCUT2D eigenvalue weighted by molar-refractivity contribution is 6.33. The zero-order valence-corrected chi connectivity index (χ0v) is 13.9. The minimum Gasteiger partial charge on any atom is -0.359 e. The summed E-state index contributed by atoms with van der Waals surface area (Å²) in [5.41, 5.74) is 1.43. The number of amides is 1. The standard InChI is InChI=1S/C17H13ClN4O3/c1-11-2-4-13(5-3-11)21-17(23)12(9-19)10-20-16-8-14(22(24)25)6-7-15(16)18/h2-8,10,20H,1H3,(H,21,23)/b12-10-. The first-order valence-electron chi connectivity index (χ1n) is 7.09. The maximum atomic E-state index is 12.1. The molecule has 2 aromatic rings. The van der Waals surface area contributed by atoms with Crippen LogP contribution < -0.4 is 10.6 Å². The van der Waals surface area contributed by atoms with E-state index in [1.54, 1.807) is 18.2 Å². The van der Waals surface area contributed by atoms with E-state index in [1.807, 2.05) is 19.1 Å². The van der Waals surface area contributed by atoms with Gasteiger partial charge >= 0.3 is 0 Å². The van der Waals surface area contributed by atoms with Gasteiger partial charge in [-0.25, -0.2) is 0 Å². The fourth-order valence-corrected chi connectivity index (χ4v) is 2.04. The van der Waals surface area contributed by atoms with Crippen LogP contribution in [0.2, 0.25) is 5.02 Å². The average molecular weight is 357 g/mol. The predicted octanol–water partition coefficient (Wildman–Crippen LogP) is 4.01. The van der Waals surface area contributed by atoms with Gasteiger partial charge in [0.25, 0.3) is 11.6 Å². The second-order valence-corrected chi connectivity index (χ2v) is 5.46. The predicted molar refractivity (Wildman–Crippen MR) is 95.2 cm³/mol. The van der Waals surface area contributed by atoms with Crippen molar-refractivity contribution in [3.8, 4) is 6.07 Å². The number of benzene rings is 2. The number of aryl methyl sites for hydroxylation is 1. The van der Waals surface area contributed by atoms with Gasteiger partial charge in [0.2, 0.25) is 0 Å². The van der Waals surface area contributed by atoms with E-state index in [0.717, 1.165) is 11.8 Å². The molecule has 25 heavy (non-hydrogen) atoms. The molecule has 2 aromatic carbocycles. The largest absolute Gasteiger partial charge is 0.359 e. The molecule has 7 nitrogen and oxygen atoms in total. The quantitative estimate of drug-likeness (QED) is 0.364. The normalized spacial score (nSPS) is 10.7. The van der Waals surface area contributed by atoms with Gasteiger partial charge in [-0.1, -0.05) is 29.3 Å². The van der Waals surface area contributed by atoms with Gasteiger partial charge in [0, 0.05) is 24.0 Å². The van der Waals surface area contributed by atoms with Gasteiger partial charge in [-0.2, -0.15) is 5.26 Å². The molecule has 2 rings (SSSR count). The zero-order valence-electron chi connectivity index (χ0n) is 13.1. The van der Waals surface area contributed by atoms with E-state index in [-0.39, 0.29) is 22.0 Å². The summed E-state index contributed by atoms with van der Waals surface area (Å²) in [6.45, 7) is 1.92. The number of nitrogens with one attached hydrogen (secondary N) is 2. The molecule has 0 saturated carbocycles. The van der Waals surface area contributed by atoms with Crippen molar-refractivity contribution in [3.05, 3.63) is 74.9 Å². The lowest BCUT2D eigenvalue weighted by Gasteiger charge is -2.06. The SMILES string of the molecule is Cc1ccc(NC(=O)/C(C#N)=C\Nc2cc([N+](=O)[O-])ccc2Cl)cc1. The summed E-state index contributed by atoms with van der Waals surface area (Å²) in [7, 11) is 0. The van der Waals surface area contributed by atoms with E-state index in [0.29, 0.717) is 5.69 Å². The van der Waals surface area contributed by atoms with Crippen molar-refractivity contribution in [2.45, 2.75) is 6.92 Å². The van der Waals surface area contributed by atoms with Crippen molar-refractivity contribution in [2.75, 3.05) is 10.6 Å². The Hall–Kier alpha value is -3.37. The van der Waals surface area contributed by atoms with E-state index >= 15 is 0 Å². The number of hydrogen-bond donors (Lipinski definition) is 2. The Bertz CT molecular complexity index is 886. The summed E-state index contributed by atoms with van der Waals surface area (Å²) < 4.78 is 0. The lowest BCUT2D eigenvalue weighted by atomic mass is 10.2.